The number of thioether (sulfide) groups is 1. The molecule has 2 aromatic rings. The number of amides is 2. The van der Waals surface area contributed by atoms with Crippen LogP contribution in [0.5, 0.6) is 0 Å². The number of aryl methyl sites for hydroxylation is 2. The maximum atomic E-state index is 13.2. The summed E-state index contributed by atoms with van der Waals surface area (Å²) < 4.78 is 0. The lowest BCUT2D eigenvalue weighted by Gasteiger charge is -2.31. The molecule has 2 aromatic carbocycles. The first-order valence-electron chi connectivity index (χ1n) is 10.6. The lowest BCUT2D eigenvalue weighted by atomic mass is 10.1. The highest BCUT2D eigenvalue weighted by molar-refractivity contribution is 8.00. The van der Waals surface area contributed by atoms with Gasteiger partial charge < -0.3 is 10.2 Å². The van der Waals surface area contributed by atoms with E-state index in [1.807, 2.05) is 63.2 Å². The van der Waals surface area contributed by atoms with E-state index in [1.165, 1.54) is 17.3 Å². The van der Waals surface area contributed by atoms with Crippen LogP contribution in [0.1, 0.15) is 43.9 Å². The molecule has 0 aliphatic rings. The number of benzene rings is 2. The smallest absolute Gasteiger partial charge is 0.242 e. The maximum Gasteiger partial charge on any atom is 0.242 e. The molecule has 5 heteroatoms. The van der Waals surface area contributed by atoms with Crippen LogP contribution < -0.4 is 5.32 Å². The van der Waals surface area contributed by atoms with Crippen molar-refractivity contribution in [3.8, 4) is 0 Å². The molecule has 0 radical (unpaired) electrons. The number of rotatable bonds is 10. The number of hydrogen-bond acceptors (Lipinski definition) is 3. The van der Waals surface area contributed by atoms with Gasteiger partial charge in [-0.15, -0.1) is 11.8 Å². The molecule has 0 fully saturated rings. The molecule has 4 nitrogen and oxygen atoms in total. The van der Waals surface area contributed by atoms with Gasteiger partial charge in [0.2, 0.25) is 11.8 Å². The lowest BCUT2D eigenvalue weighted by Crippen LogP contribution is -2.50. The highest BCUT2D eigenvalue weighted by atomic mass is 32.2. The maximum absolute atomic E-state index is 13.2. The van der Waals surface area contributed by atoms with Crippen molar-refractivity contribution in [1.82, 2.24) is 10.2 Å². The monoisotopic (exact) mass is 426 g/mol. The summed E-state index contributed by atoms with van der Waals surface area (Å²) in [6.45, 7) is 11.2. The van der Waals surface area contributed by atoms with E-state index in [9.17, 15) is 9.59 Å². The first-order valence-corrected chi connectivity index (χ1v) is 11.6. The fourth-order valence-corrected chi connectivity index (χ4v) is 4.00. The summed E-state index contributed by atoms with van der Waals surface area (Å²) >= 11 is 1.51. The van der Waals surface area contributed by atoms with Crippen molar-refractivity contribution in [2.24, 2.45) is 5.92 Å². The molecular weight excluding hydrogens is 392 g/mol. The van der Waals surface area contributed by atoms with Crippen LogP contribution in [0.2, 0.25) is 0 Å². The fourth-order valence-electron chi connectivity index (χ4n) is 3.21. The molecule has 0 aliphatic carbocycles. The minimum absolute atomic E-state index is 0.0198. The van der Waals surface area contributed by atoms with E-state index in [-0.39, 0.29) is 11.8 Å². The van der Waals surface area contributed by atoms with E-state index in [1.54, 1.807) is 4.90 Å². The summed E-state index contributed by atoms with van der Waals surface area (Å²) in [6, 6.07) is 15.8. The van der Waals surface area contributed by atoms with Crippen molar-refractivity contribution in [3.05, 3.63) is 65.2 Å². The summed E-state index contributed by atoms with van der Waals surface area (Å²) in [5.74, 6) is 0.577. The Morgan fingerprint density at radius 1 is 1.03 bits per heavy atom. The van der Waals surface area contributed by atoms with Gasteiger partial charge >= 0.3 is 0 Å². The second kappa shape index (κ2) is 11.8. The van der Waals surface area contributed by atoms with Crippen molar-refractivity contribution < 1.29 is 9.59 Å². The molecule has 0 heterocycles. The van der Waals surface area contributed by atoms with E-state index in [0.717, 1.165) is 16.0 Å². The Hall–Kier alpha value is -2.27. The van der Waals surface area contributed by atoms with Crippen LogP contribution in [0.3, 0.4) is 0 Å². The highest BCUT2D eigenvalue weighted by Crippen LogP contribution is 2.21. The summed E-state index contributed by atoms with van der Waals surface area (Å²) in [4.78, 5) is 28.9. The van der Waals surface area contributed by atoms with Gasteiger partial charge in [-0.25, -0.2) is 0 Å². The van der Waals surface area contributed by atoms with E-state index in [4.69, 9.17) is 0 Å². The Labute approximate surface area is 185 Å². The topological polar surface area (TPSA) is 49.4 Å². The van der Waals surface area contributed by atoms with Crippen molar-refractivity contribution in [2.75, 3.05) is 12.3 Å². The Kier molecular flexibility index (Phi) is 9.44. The van der Waals surface area contributed by atoms with E-state index in [2.05, 4.69) is 25.2 Å². The van der Waals surface area contributed by atoms with Crippen LogP contribution in [0, 0.1) is 19.8 Å². The molecule has 0 aromatic heterocycles. The number of carbonyl (C=O) groups is 2. The van der Waals surface area contributed by atoms with Crippen molar-refractivity contribution in [2.45, 2.75) is 58.5 Å². The van der Waals surface area contributed by atoms with Gasteiger partial charge in [0.25, 0.3) is 0 Å². The lowest BCUT2D eigenvalue weighted by molar-refractivity contribution is -0.139. The zero-order valence-corrected chi connectivity index (χ0v) is 19.6. The average Bonchev–Trinajstić information content (AvgIpc) is 2.71. The van der Waals surface area contributed by atoms with Gasteiger partial charge in [0.1, 0.15) is 6.04 Å². The second-order valence-corrected chi connectivity index (χ2v) is 9.22. The standard InChI is InChI=1S/C25H34N2O2S/c1-6-23(25(29)26-15-18(2)3)27(16-21-9-7-8-20(5)14-21)24(28)17-30-22-12-10-19(4)11-13-22/h7-14,18,23H,6,15-17H2,1-5H3,(H,26,29). The summed E-state index contributed by atoms with van der Waals surface area (Å²) in [6.07, 6.45) is 0.580. The molecule has 1 atom stereocenters. The van der Waals surface area contributed by atoms with Gasteiger partial charge in [-0.2, -0.15) is 0 Å². The number of hydrogen-bond donors (Lipinski definition) is 1. The summed E-state index contributed by atoms with van der Waals surface area (Å²) in [7, 11) is 0. The van der Waals surface area contributed by atoms with Gasteiger partial charge in [0.05, 0.1) is 5.75 Å². The zero-order valence-electron chi connectivity index (χ0n) is 18.8. The zero-order chi connectivity index (χ0) is 22.1. The Morgan fingerprint density at radius 3 is 2.33 bits per heavy atom. The van der Waals surface area contributed by atoms with Crippen LogP contribution in [0.15, 0.2) is 53.4 Å². The molecule has 0 saturated heterocycles. The SMILES string of the molecule is CCC(C(=O)NCC(C)C)N(Cc1cccc(C)c1)C(=O)CSc1ccc(C)cc1. The Morgan fingerprint density at radius 2 is 1.73 bits per heavy atom. The molecule has 2 rings (SSSR count). The van der Waals surface area contributed by atoms with Gasteiger partial charge in [-0.05, 0) is 43.9 Å². The quantitative estimate of drug-likeness (QED) is 0.546. The average molecular weight is 427 g/mol. The first-order chi connectivity index (χ1) is 14.3. The van der Waals surface area contributed by atoms with Gasteiger partial charge in [0, 0.05) is 18.0 Å². The van der Waals surface area contributed by atoms with Gasteiger partial charge in [-0.1, -0.05) is 68.3 Å². The van der Waals surface area contributed by atoms with Gasteiger partial charge in [-0.3, -0.25) is 9.59 Å². The van der Waals surface area contributed by atoms with Crippen molar-refractivity contribution in [3.63, 3.8) is 0 Å². The Balaban J connectivity index is 2.18. The highest BCUT2D eigenvalue weighted by Gasteiger charge is 2.28. The molecule has 30 heavy (non-hydrogen) atoms. The predicted octanol–water partition coefficient (Wildman–Crippen LogP) is 4.98. The number of nitrogens with zero attached hydrogens (tertiary/aromatic N) is 1. The van der Waals surface area contributed by atoms with E-state index < -0.39 is 6.04 Å². The molecule has 0 spiro atoms. The minimum Gasteiger partial charge on any atom is -0.354 e. The molecule has 162 valence electrons. The number of carbonyl (C=O) groups excluding carboxylic acids is 2. The largest absolute Gasteiger partial charge is 0.354 e. The minimum atomic E-state index is -0.476. The van der Waals surface area contributed by atoms with E-state index >= 15 is 0 Å². The summed E-state index contributed by atoms with van der Waals surface area (Å²) in [5.41, 5.74) is 3.38. The van der Waals surface area contributed by atoms with Crippen molar-refractivity contribution >= 4 is 23.6 Å². The van der Waals surface area contributed by atoms with Crippen molar-refractivity contribution in [1.29, 1.82) is 0 Å². The predicted molar refractivity (Wildman–Crippen MR) is 126 cm³/mol. The first kappa shape index (κ1) is 24.0. The second-order valence-electron chi connectivity index (χ2n) is 8.18. The van der Waals surface area contributed by atoms with Gasteiger partial charge in [0.15, 0.2) is 0 Å². The fraction of sp³-hybridized carbons (Fsp3) is 0.440. The van der Waals surface area contributed by atoms with E-state index in [0.29, 0.717) is 31.2 Å². The van der Waals surface area contributed by atoms with Crippen LogP contribution in [0.25, 0.3) is 0 Å². The Bertz CT molecular complexity index is 833. The third-order valence-corrected chi connectivity index (χ3v) is 5.89. The van der Waals surface area contributed by atoms with Crippen LogP contribution in [0.4, 0.5) is 0 Å². The third kappa shape index (κ3) is 7.52. The van der Waals surface area contributed by atoms with Crippen LogP contribution in [-0.4, -0.2) is 35.1 Å². The third-order valence-electron chi connectivity index (χ3n) is 4.89. The summed E-state index contributed by atoms with van der Waals surface area (Å²) in [5, 5.41) is 3.01. The normalized spacial score (nSPS) is 11.9. The van der Waals surface area contributed by atoms with Crippen LogP contribution in [-0.2, 0) is 16.1 Å². The molecule has 1 N–H and O–H groups in total. The molecular formula is C25H34N2O2S. The molecule has 0 bridgehead atoms. The molecule has 2 amide bonds. The molecule has 1 unspecified atom stereocenters. The molecule has 0 aliphatic heterocycles. The molecule has 0 saturated carbocycles. The van der Waals surface area contributed by atoms with Crippen LogP contribution >= 0.6 is 11.8 Å². The number of nitrogens with one attached hydrogen (secondary N) is 1.